The van der Waals surface area contributed by atoms with Crippen LogP contribution in [0.3, 0.4) is 0 Å². The van der Waals surface area contributed by atoms with Crippen molar-refractivity contribution in [3.63, 3.8) is 0 Å². The number of hydrogen-bond donors (Lipinski definition) is 2. The summed E-state index contributed by atoms with van der Waals surface area (Å²) in [6.07, 6.45) is 3.44. The van der Waals surface area contributed by atoms with Gasteiger partial charge in [-0.05, 0) is 61.9 Å². The number of pyridine rings is 1. The minimum Gasteiger partial charge on any atom is -0.495 e. The largest absolute Gasteiger partial charge is 0.495 e. The Hall–Kier alpha value is -4.66. The van der Waals surface area contributed by atoms with E-state index in [4.69, 9.17) is 19.6 Å². The van der Waals surface area contributed by atoms with Crippen molar-refractivity contribution in [3.05, 3.63) is 89.9 Å². The Morgan fingerprint density at radius 2 is 1.92 bits per heavy atom. The first-order chi connectivity index (χ1) is 17.6. The monoisotopic (exact) mass is 482 g/mol. The van der Waals surface area contributed by atoms with Gasteiger partial charge >= 0.3 is 0 Å². The van der Waals surface area contributed by atoms with Crippen molar-refractivity contribution in [1.82, 2.24) is 19.7 Å². The van der Waals surface area contributed by atoms with E-state index in [0.29, 0.717) is 41.1 Å². The van der Waals surface area contributed by atoms with E-state index in [1.54, 1.807) is 36.3 Å². The van der Waals surface area contributed by atoms with Crippen LogP contribution in [0.4, 0.5) is 11.6 Å². The van der Waals surface area contributed by atoms with E-state index < -0.39 is 6.04 Å². The molecule has 0 spiro atoms. The van der Waals surface area contributed by atoms with E-state index >= 15 is 0 Å². The number of hydrogen-bond acceptors (Lipinski definition) is 7. The molecule has 0 radical (unpaired) electrons. The fraction of sp³-hybridized carbons (Fsp3) is 0.185. The normalized spacial score (nSPS) is 14.6. The summed E-state index contributed by atoms with van der Waals surface area (Å²) < 4.78 is 12.7. The topological polar surface area (TPSA) is 103 Å². The Labute approximate surface area is 208 Å². The highest BCUT2D eigenvalue weighted by Gasteiger charge is 2.35. The molecule has 2 aromatic carbocycles. The first-order valence-electron chi connectivity index (χ1n) is 11.6. The maximum absolute atomic E-state index is 13.7. The molecule has 3 heterocycles. The van der Waals surface area contributed by atoms with Crippen LogP contribution in [0.25, 0.3) is 11.4 Å². The number of para-hydroxylation sites is 2. The molecule has 36 heavy (non-hydrogen) atoms. The van der Waals surface area contributed by atoms with E-state index in [9.17, 15) is 4.79 Å². The molecule has 2 aromatic heterocycles. The van der Waals surface area contributed by atoms with Gasteiger partial charge in [-0.2, -0.15) is 4.98 Å². The number of amides is 1. The lowest BCUT2D eigenvalue weighted by Gasteiger charge is -2.28. The summed E-state index contributed by atoms with van der Waals surface area (Å²) in [5.41, 5.74) is 3.41. The Bertz CT molecular complexity index is 1410. The maximum Gasteiger partial charge on any atom is 0.255 e. The summed E-state index contributed by atoms with van der Waals surface area (Å²) in [6, 6.07) is 18.1. The first kappa shape index (κ1) is 23.1. The standard InChI is InChI=1S/C27H26N6O3/c1-4-36-20-13-11-18(12-14-20)25-31-27-29-17(2)23(24(33(27)32-25)19-8-7-15-28-16-19)26(34)30-21-9-5-6-10-22(21)35-3/h5-16,24H,4H2,1-3H3,(H,30,34)(H,29,31,32). The molecule has 1 aliphatic rings. The van der Waals surface area contributed by atoms with Crippen molar-refractivity contribution in [2.45, 2.75) is 19.9 Å². The molecule has 0 fully saturated rings. The molecular formula is C27H26N6O3. The maximum atomic E-state index is 13.7. The van der Waals surface area contributed by atoms with E-state index in [1.165, 1.54) is 0 Å². The number of carbonyl (C=O) groups is 1. The lowest BCUT2D eigenvalue weighted by atomic mass is 9.96. The SMILES string of the molecule is CCOc1ccc(-c2nc3n(n2)C(c2cccnc2)C(C(=O)Nc2ccccc2OC)=C(C)N3)cc1. The minimum atomic E-state index is -0.534. The Balaban J connectivity index is 1.55. The molecular weight excluding hydrogens is 456 g/mol. The quantitative estimate of drug-likeness (QED) is 0.394. The highest BCUT2D eigenvalue weighted by Crippen LogP contribution is 2.37. The Morgan fingerprint density at radius 1 is 1.11 bits per heavy atom. The van der Waals surface area contributed by atoms with E-state index in [0.717, 1.165) is 16.9 Å². The van der Waals surface area contributed by atoms with Crippen LogP contribution in [0.15, 0.2) is 84.3 Å². The molecule has 1 aliphatic heterocycles. The van der Waals surface area contributed by atoms with Gasteiger partial charge in [-0.1, -0.05) is 18.2 Å². The van der Waals surface area contributed by atoms with Crippen LogP contribution in [0, 0.1) is 0 Å². The summed E-state index contributed by atoms with van der Waals surface area (Å²) in [7, 11) is 1.57. The molecule has 0 aliphatic carbocycles. The number of ether oxygens (including phenoxy) is 2. The third-order valence-electron chi connectivity index (χ3n) is 5.88. The second-order valence-corrected chi connectivity index (χ2v) is 8.17. The molecule has 0 saturated carbocycles. The predicted molar refractivity (Wildman–Crippen MR) is 137 cm³/mol. The second kappa shape index (κ2) is 9.91. The predicted octanol–water partition coefficient (Wildman–Crippen LogP) is 4.68. The number of nitrogens with one attached hydrogen (secondary N) is 2. The van der Waals surface area contributed by atoms with Gasteiger partial charge in [0.25, 0.3) is 5.91 Å². The van der Waals surface area contributed by atoms with Crippen LogP contribution >= 0.6 is 0 Å². The van der Waals surface area contributed by atoms with E-state index in [2.05, 4.69) is 15.6 Å². The smallest absolute Gasteiger partial charge is 0.255 e. The number of benzene rings is 2. The number of carbonyl (C=O) groups excluding carboxylic acids is 1. The molecule has 5 rings (SSSR count). The van der Waals surface area contributed by atoms with Crippen LogP contribution in [0.5, 0.6) is 11.5 Å². The Morgan fingerprint density at radius 3 is 2.64 bits per heavy atom. The number of anilines is 2. The molecule has 182 valence electrons. The van der Waals surface area contributed by atoms with Crippen LogP contribution in [-0.2, 0) is 4.79 Å². The molecule has 9 heteroatoms. The third kappa shape index (κ3) is 4.38. The fourth-order valence-corrected chi connectivity index (χ4v) is 4.22. The molecule has 0 bridgehead atoms. The minimum absolute atomic E-state index is 0.276. The number of rotatable bonds is 7. The number of fused-ring (bicyclic) bond motifs is 1. The van der Waals surface area contributed by atoms with Crippen LogP contribution in [0.1, 0.15) is 25.5 Å². The van der Waals surface area contributed by atoms with Crippen molar-refractivity contribution in [2.24, 2.45) is 0 Å². The summed E-state index contributed by atoms with van der Waals surface area (Å²) in [5.74, 6) is 2.16. The van der Waals surface area contributed by atoms with Crippen LogP contribution in [-0.4, -0.2) is 39.4 Å². The van der Waals surface area contributed by atoms with Gasteiger partial charge in [-0.15, -0.1) is 5.10 Å². The summed E-state index contributed by atoms with van der Waals surface area (Å²) in [5, 5.41) is 11.0. The number of nitrogens with zero attached hydrogens (tertiary/aromatic N) is 4. The lowest BCUT2D eigenvalue weighted by Crippen LogP contribution is -2.31. The third-order valence-corrected chi connectivity index (χ3v) is 5.88. The first-order valence-corrected chi connectivity index (χ1v) is 11.6. The molecule has 1 atom stereocenters. The van der Waals surface area contributed by atoms with Crippen LogP contribution in [0.2, 0.25) is 0 Å². The van der Waals surface area contributed by atoms with Crippen molar-refractivity contribution >= 4 is 17.5 Å². The summed E-state index contributed by atoms with van der Waals surface area (Å²) in [6.45, 7) is 4.40. The van der Waals surface area contributed by atoms with Gasteiger partial charge in [-0.25, -0.2) is 4.68 Å². The highest BCUT2D eigenvalue weighted by molar-refractivity contribution is 6.06. The van der Waals surface area contributed by atoms with Crippen molar-refractivity contribution < 1.29 is 14.3 Å². The van der Waals surface area contributed by atoms with Crippen molar-refractivity contribution in [2.75, 3.05) is 24.4 Å². The molecule has 0 saturated heterocycles. The average molecular weight is 483 g/mol. The number of allylic oxidation sites excluding steroid dienone is 1. The summed E-state index contributed by atoms with van der Waals surface area (Å²) >= 11 is 0. The van der Waals surface area contributed by atoms with Gasteiger partial charge < -0.3 is 20.1 Å². The molecule has 1 amide bonds. The van der Waals surface area contributed by atoms with Gasteiger partial charge in [0.05, 0.1) is 25.0 Å². The fourth-order valence-electron chi connectivity index (χ4n) is 4.22. The van der Waals surface area contributed by atoms with E-state index in [-0.39, 0.29) is 5.91 Å². The summed E-state index contributed by atoms with van der Waals surface area (Å²) in [4.78, 5) is 22.7. The van der Waals surface area contributed by atoms with Gasteiger partial charge in [0, 0.05) is 23.7 Å². The van der Waals surface area contributed by atoms with Gasteiger partial charge in [0.1, 0.15) is 17.5 Å². The zero-order valence-corrected chi connectivity index (χ0v) is 20.2. The zero-order valence-electron chi connectivity index (χ0n) is 20.2. The molecule has 1 unspecified atom stereocenters. The molecule has 2 N–H and O–H groups in total. The highest BCUT2D eigenvalue weighted by atomic mass is 16.5. The zero-order chi connectivity index (χ0) is 25.1. The van der Waals surface area contributed by atoms with E-state index in [1.807, 2.05) is 62.4 Å². The average Bonchev–Trinajstić information content (AvgIpc) is 3.32. The lowest BCUT2D eigenvalue weighted by molar-refractivity contribution is -0.113. The second-order valence-electron chi connectivity index (χ2n) is 8.17. The molecule has 4 aromatic rings. The van der Waals surface area contributed by atoms with Gasteiger partial charge in [0.2, 0.25) is 5.95 Å². The van der Waals surface area contributed by atoms with Gasteiger partial charge in [-0.3, -0.25) is 9.78 Å². The van der Waals surface area contributed by atoms with Gasteiger partial charge in [0.15, 0.2) is 5.82 Å². The molecule has 9 nitrogen and oxygen atoms in total. The van der Waals surface area contributed by atoms with Crippen LogP contribution < -0.4 is 20.1 Å². The Kier molecular flexibility index (Phi) is 6.36. The van der Waals surface area contributed by atoms with Crippen molar-refractivity contribution in [1.29, 1.82) is 0 Å². The number of aromatic nitrogens is 4. The van der Waals surface area contributed by atoms with Crippen molar-refractivity contribution in [3.8, 4) is 22.9 Å². The number of methoxy groups -OCH3 is 1.